The van der Waals surface area contributed by atoms with Crippen LogP contribution in [0.3, 0.4) is 0 Å². The first-order valence-electron chi connectivity index (χ1n) is 11.9. The summed E-state index contributed by atoms with van der Waals surface area (Å²) in [6, 6.07) is 0. The standard InChI is InChI=1S/C24H37N3O2/c1-15-12-20(21(28)14-27-11-10-25-26-27)24(3)9-7-18-17-6-8-23(2,29)13-16(17)4-5-19(18)22(15)24/h10-11,15-20,22,29H,4-9,12-14H2,1-3H3/t15-,16-,17+,18-,19-,20-,22+,23-,24-/m1/s1. The van der Waals surface area contributed by atoms with E-state index in [1.807, 2.05) is 6.92 Å². The van der Waals surface area contributed by atoms with Gasteiger partial charge in [0.2, 0.25) is 0 Å². The maximum absolute atomic E-state index is 13.3. The number of carbonyl (C=O) groups excluding carboxylic acids is 1. The van der Waals surface area contributed by atoms with Gasteiger partial charge in [-0.15, -0.1) is 5.10 Å². The Hall–Kier alpha value is -1.23. The predicted molar refractivity (Wildman–Crippen MR) is 111 cm³/mol. The van der Waals surface area contributed by atoms with Gasteiger partial charge in [-0.25, -0.2) is 4.68 Å². The van der Waals surface area contributed by atoms with E-state index >= 15 is 0 Å². The minimum Gasteiger partial charge on any atom is -0.390 e. The van der Waals surface area contributed by atoms with E-state index in [0.29, 0.717) is 30.1 Å². The Balaban J connectivity index is 1.36. The van der Waals surface area contributed by atoms with E-state index in [1.165, 1.54) is 32.1 Å². The molecule has 0 unspecified atom stereocenters. The van der Waals surface area contributed by atoms with Gasteiger partial charge in [0.25, 0.3) is 0 Å². The van der Waals surface area contributed by atoms with Crippen LogP contribution < -0.4 is 0 Å². The predicted octanol–water partition coefficient (Wildman–Crippen LogP) is 4.11. The van der Waals surface area contributed by atoms with Gasteiger partial charge in [0.1, 0.15) is 6.54 Å². The molecule has 1 aromatic rings. The molecule has 160 valence electrons. The van der Waals surface area contributed by atoms with Gasteiger partial charge in [0.05, 0.1) is 11.8 Å². The first-order chi connectivity index (χ1) is 13.8. The van der Waals surface area contributed by atoms with Crippen LogP contribution in [0.4, 0.5) is 0 Å². The summed E-state index contributed by atoms with van der Waals surface area (Å²) in [6.07, 6.45) is 12.7. The first-order valence-corrected chi connectivity index (χ1v) is 11.9. The third kappa shape index (κ3) is 3.19. The summed E-state index contributed by atoms with van der Waals surface area (Å²) >= 11 is 0. The van der Waals surface area contributed by atoms with Gasteiger partial charge in [-0.05, 0) is 99.2 Å². The van der Waals surface area contributed by atoms with Crippen LogP contribution >= 0.6 is 0 Å². The largest absolute Gasteiger partial charge is 0.390 e. The second-order valence-electron chi connectivity index (χ2n) is 11.5. The number of rotatable bonds is 3. The molecule has 9 atom stereocenters. The fourth-order valence-electron chi connectivity index (χ4n) is 8.71. The molecule has 5 rings (SSSR count). The number of Topliss-reactive ketones (excluding diaryl/α,β-unsaturated/α-hetero) is 1. The summed E-state index contributed by atoms with van der Waals surface area (Å²) < 4.78 is 1.69. The van der Waals surface area contributed by atoms with Gasteiger partial charge in [-0.1, -0.05) is 19.1 Å². The van der Waals surface area contributed by atoms with E-state index in [9.17, 15) is 9.90 Å². The summed E-state index contributed by atoms with van der Waals surface area (Å²) in [5.41, 5.74) is -0.304. The van der Waals surface area contributed by atoms with E-state index in [2.05, 4.69) is 24.2 Å². The van der Waals surface area contributed by atoms with Crippen LogP contribution in [0.1, 0.15) is 72.1 Å². The highest BCUT2D eigenvalue weighted by Gasteiger charge is 2.60. The monoisotopic (exact) mass is 399 g/mol. The molecule has 1 aromatic heterocycles. The van der Waals surface area contributed by atoms with Crippen LogP contribution in [-0.2, 0) is 11.3 Å². The Bertz CT molecular complexity index is 760. The number of aliphatic hydroxyl groups is 1. The number of carbonyl (C=O) groups is 1. The van der Waals surface area contributed by atoms with Crippen LogP contribution in [0, 0.1) is 46.8 Å². The summed E-state index contributed by atoms with van der Waals surface area (Å²) in [5, 5.41) is 18.5. The molecule has 4 aliphatic rings. The third-order valence-electron chi connectivity index (χ3n) is 9.73. The second kappa shape index (κ2) is 6.90. The molecule has 0 bridgehead atoms. The molecule has 1 N–H and O–H groups in total. The molecule has 5 nitrogen and oxygen atoms in total. The van der Waals surface area contributed by atoms with Gasteiger partial charge in [0, 0.05) is 12.1 Å². The summed E-state index contributed by atoms with van der Waals surface area (Å²) in [4.78, 5) is 13.3. The number of nitrogens with zero attached hydrogens (tertiary/aromatic N) is 3. The van der Waals surface area contributed by atoms with Crippen molar-refractivity contribution in [3.05, 3.63) is 12.4 Å². The maximum atomic E-state index is 13.3. The minimum absolute atomic E-state index is 0.144. The zero-order valence-electron chi connectivity index (χ0n) is 18.3. The fraction of sp³-hybridized carbons (Fsp3) is 0.875. The first kappa shape index (κ1) is 19.7. The average molecular weight is 400 g/mol. The van der Waals surface area contributed by atoms with Crippen molar-refractivity contribution in [2.24, 2.45) is 46.8 Å². The summed E-state index contributed by atoms with van der Waals surface area (Å²) in [7, 11) is 0. The zero-order valence-corrected chi connectivity index (χ0v) is 18.3. The lowest BCUT2D eigenvalue weighted by Gasteiger charge is -2.57. The van der Waals surface area contributed by atoms with Gasteiger partial charge in [-0.2, -0.15) is 0 Å². The Morgan fingerprint density at radius 1 is 1.14 bits per heavy atom. The fourth-order valence-corrected chi connectivity index (χ4v) is 8.71. The number of aromatic nitrogens is 3. The van der Waals surface area contributed by atoms with Crippen LogP contribution in [0.25, 0.3) is 0 Å². The van der Waals surface area contributed by atoms with Crippen molar-refractivity contribution in [1.29, 1.82) is 0 Å². The van der Waals surface area contributed by atoms with Gasteiger partial charge in [0.15, 0.2) is 5.78 Å². The molecule has 0 spiro atoms. The van der Waals surface area contributed by atoms with Crippen molar-refractivity contribution >= 4 is 5.78 Å². The molecule has 0 saturated heterocycles. The van der Waals surface area contributed by atoms with Crippen LogP contribution in [0.2, 0.25) is 0 Å². The number of hydrogen-bond donors (Lipinski definition) is 1. The zero-order chi connectivity index (χ0) is 20.4. The lowest BCUT2D eigenvalue weighted by Crippen LogP contribution is -2.51. The second-order valence-corrected chi connectivity index (χ2v) is 11.5. The Labute approximate surface area is 174 Å². The van der Waals surface area contributed by atoms with Gasteiger partial charge < -0.3 is 5.11 Å². The number of fused-ring (bicyclic) bond motifs is 5. The highest BCUT2D eigenvalue weighted by molar-refractivity contribution is 5.82. The molecule has 0 aliphatic heterocycles. The van der Waals surface area contributed by atoms with Crippen molar-refractivity contribution in [2.75, 3.05) is 0 Å². The minimum atomic E-state index is -0.448. The number of hydrogen-bond acceptors (Lipinski definition) is 4. The number of ketones is 1. The van der Waals surface area contributed by atoms with E-state index in [1.54, 1.807) is 17.1 Å². The van der Waals surface area contributed by atoms with Crippen LogP contribution in [0.15, 0.2) is 12.4 Å². The molecule has 0 amide bonds. The van der Waals surface area contributed by atoms with Crippen molar-refractivity contribution in [3.63, 3.8) is 0 Å². The van der Waals surface area contributed by atoms with E-state index in [0.717, 1.165) is 37.0 Å². The smallest absolute Gasteiger partial charge is 0.157 e. The van der Waals surface area contributed by atoms with E-state index in [-0.39, 0.29) is 11.3 Å². The van der Waals surface area contributed by atoms with Gasteiger partial charge in [-0.3, -0.25) is 4.79 Å². The molecule has 4 aliphatic carbocycles. The molecule has 0 radical (unpaired) electrons. The SMILES string of the molecule is C[C@@H]1C[C@H](C(=O)Cn2ccnn2)[C@@]2(C)CC[C@H]3[C@@H](CC[C@@H]4C[C@](C)(O)CC[C@@H]43)[C@H]12. The normalized spacial score (nSPS) is 49.2. The Morgan fingerprint density at radius 2 is 1.93 bits per heavy atom. The van der Waals surface area contributed by atoms with E-state index in [4.69, 9.17) is 0 Å². The topological polar surface area (TPSA) is 68.0 Å². The quantitative estimate of drug-likeness (QED) is 0.830. The molecule has 4 fully saturated rings. The lowest BCUT2D eigenvalue weighted by atomic mass is 9.48. The Morgan fingerprint density at radius 3 is 2.69 bits per heavy atom. The molecule has 5 heteroatoms. The summed E-state index contributed by atoms with van der Waals surface area (Å²) in [5.74, 6) is 4.92. The highest BCUT2D eigenvalue weighted by atomic mass is 16.3. The molecule has 4 saturated carbocycles. The molecular weight excluding hydrogens is 362 g/mol. The third-order valence-corrected chi connectivity index (χ3v) is 9.73. The molecule has 29 heavy (non-hydrogen) atoms. The van der Waals surface area contributed by atoms with Crippen molar-refractivity contribution in [3.8, 4) is 0 Å². The molecule has 0 aromatic carbocycles. The Kier molecular flexibility index (Phi) is 4.69. The molecular formula is C24H37N3O2. The van der Waals surface area contributed by atoms with Crippen molar-refractivity contribution in [2.45, 2.75) is 84.3 Å². The molecule has 1 heterocycles. The van der Waals surface area contributed by atoms with Gasteiger partial charge >= 0.3 is 0 Å². The van der Waals surface area contributed by atoms with Crippen molar-refractivity contribution < 1.29 is 9.90 Å². The lowest BCUT2D eigenvalue weighted by molar-refractivity contribution is -0.133. The highest BCUT2D eigenvalue weighted by Crippen LogP contribution is 2.66. The van der Waals surface area contributed by atoms with Crippen LogP contribution in [0.5, 0.6) is 0 Å². The van der Waals surface area contributed by atoms with Crippen LogP contribution in [-0.4, -0.2) is 31.5 Å². The maximum Gasteiger partial charge on any atom is 0.157 e. The van der Waals surface area contributed by atoms with E-state index < -0.39 is 5.60 Å². The van der Waals surface area contributed by atoms with Crippen molar-refractivity contribution in [1.82, 2.24) is 15.0 Å². The average Bonchev–Trinajstić information content (AvgIpc) is 3.26. The summed E-state index contributed by atoms with van der Waals surface area (Å²) in [6.45, 7) is 7.25.